The number of benzene rings is 3. The fourth-order valence-corrected chi connectivity index (χ4v) is 2.91. The molecular weight excluding hydrogens is 324 g/mol. The molecule has 4 nitrogen and oxygen atoms in total. The Labute approximate surface area is 151 Å². The lowest BCUT2D eigenvalue weighted by molar-refractivity contribution is 0.107. The van der Waals surface area contributed by atoms with Crippen LogP contribution in [-0.2, 0) is 6.42 Å². The van der Waals surface area contributed by atoms with Gasteiger partial charge >= 0.3 is 0 Å². The van der Waals surface area contributed by atoms with Gasteiger partial charge in [-0.2, -0.15) is 0 Å². The zero-order chi connectivity index (χ0) is 17.8. The van der Waals surface area contributed by atoms with E-state index in [1.54, 1.807) is 6.07 Å². The van der Waals surface area contributed by atoms with Gasteiger partial charge in [-0.25, -0.2) is 4.98 Å². The Morgan fingerprint density at radius 1 is 0.808 bits per heavy atom. The van der Waals surface area contributed by atoms with Gasteiger partial charge in [0.2, 0.25) is 0 Å². The lowest BCUT2D eigenvalue weighted by Gasteiger charge is -2.14. The van der Waals surface area contributed by atoms with Crippen molar-refractivity contribution in [1.29, 1.82) is 0 Å². The molecule has 0 N–H and O–H groups in total. The maximum atomic E-state index is 13.0. The molecule has 0 saturated carbocycles. The molecule has 4 heteroatoms. The molecule has 0 spiro atoms. The van der Waals surface area contributed by atoms with Crippen LogP contribution < -0.4 is 10.4 Å². The average Bonchev–Trinajstić information content (AvgIpc) is 2.71. The predicted octanol–water partition coefficient (Wildman–Crippen LogP) is 3.73. The topological polar surface area (TPSA) is 44.1 Å². The van der Waals surface area contributed by atoms with Gasteiger partial charge in [0.05, 0.1) is 10.9 Å². The molecule has 1 aromatic heterocycles. The molecule has 26 heavy (non-hydrogen) atoms. The summed E-state index contributed by atoms with van der Waals surface area (Å²) in [5, 5.41) is 0.548. The summed E-state index contributed by atoms with van der Waals surface area (Å²) in [6.45, 7) is 0.393. The summed E-state index contributed by atoms with van der Waals surface area (Å²) in [6, 6.07) is 27.0. The van der Waals surface area contributed by atoms with Crippen LogP contribution in [0.15, 0.2) is 89.7 Å². The highest BCUT2D eigenvalue weighted by Gasteiger charge is 2.13. The zero-order valence-electron chi connectivity index (χ0n) is 14.2. The molecule has 0 atom stereocenters. The number of rotatable bonds is 5. The third-order valence-electron chi connectivity index (χ3n) is 4.22. The molecule has 3 aromatic carbocycles. The molecule has 0 radical (unpaired) electrons. The Morgan fingerprint density at radius 3 is 2.23 bits per heavy atom. The summed E-state index contributed by atoms with van der Waals surface area (Å²) >= 11 is 0. The maximum absolute atomic E-state index is 13.0. The summed E-state index contributed by atoms with van der Waals surface area (Å²) in [7, 11) is 0. The van der Waals surface area contributed by atoms with Gasteiger partial charge in [-0.3, -0.25) is 4.79 Å². The molecule has 0 unspecified atom stereocenters. The summed E-state index contributed by atoms with van der Waals surface area (Å²) in [5.74, 6) is 0.516. The number of hydrogen-bond donors (Lipinski definition) is 0. The van der Waals surface area contributed by atoms with E-state index in [2.05, 4.69) is 4.98 Å². The number of aromatic nitrogens is 2. The van der Waals surface area contributed by atoms with Crippen LogP contribution in [0.3, 0.4) is 0 Å². The molecule has 4 aromatic rings. The quantitative estimate of drug-likeness (QED) is 0.555. The van der Waals surface area contributed by atoms with Crippen molar-refractivity contribution in [2.24, 2.45) is 0 Å². The average molecular weight is 342 g/mol. The van der Waals surface area contributed by atoms with Gasteiger partial charge in [-0.05, 0) is 17.7 Å². The van der Waals surface area contributed by atoms with Crippen molar-refractivity contribution in [3.63, 3.8) is 0 Å². The summed E-state index contributed by atoms with van der Waals surface area (Å²) in [4.78, 5) is 23.5. The Morgan fingerprint density at radius 2 is 1.46 bits per heavy atom. The van der Waals surface area contributed by atoms with Crippen LogP contribution in [0.1, 0.15) is 5.56 Å². The van der Waals surface area contributed by atoms with Crippen molar-refractivity contribution in [3.05, 3.63) is 101 Å². The van der Waals surface area contributed by atoms with Gasteiger partial charge in [0.25, 0.3) is 5.56 Å². The first-order chi connectivity index (χ1) is 12.8. The van der Waals surface area contributed by atoms with Crippen LogP contribution in [0.5, 0.6) is 0 Å². The highest BCUT2D eigenvalue weighted by atomic mass is 16.7. The standard InChI is InChI=1S/C22H18N2O2/c25-22-19-13-7-8-14-20(19)23-21(18-11-5-2-6-12-18)24(22)26-16-15-17-9-3-1-4-10-17/h1-14H,15-16H2. The molecule has 128 valence electrons. The van der Waals surface area contributed by atoms with Crippen LogP contribution in [0, 0.1) is 0 Å². The summed E-state index contributed by atoms with van der Waals surface area (Å²) in [5.41, 5.74) is 2.48. The molecule has 0 saturated heterocycles. The molecule has 0 aliphatic carbocycles. The van der Waals surface area contributed by atoms with E-state index < -0.39 is 0 Å². The fourth-order valence-electron chi connectivity index (χ4n) is 2.91. The van der Waals surface area contributed by atoms with E-state index in [1.165, 1.54) is 4.73 Å². The van der Waals surface area contributed by atoms with E-state index >= 15 is 0 Å². The van der Waals surface area contributed by atoms with Crippen molar-refractivity contribution in [3.8, 4) is 11.4 Å². The third-order valence-corrected chi connectivity index (χ3v) is 4.22. The first-order valence-electron chi connectivity index (χ1n) is 8.57. The van der Waals surface area contributed by atoms with Gasteiger partial charge in [-0.15, -0.1) is 4.73 Å². The predicted molar refractivity (Wildman–Crippen MR) is 103 cm³/mol. The third kappa shape index (κ3) is 3.22. The lowest BCUT2D eigenvalue weighted by atomic mass is 10.2. The SMILES string of the molecule is O=c1c2ccccc2nc(-c2ccccc2)n1OCCc1ccccc1. The van der Waals surface area contributed by atoms with E-state index in [4.69, 9.17) is 4.84 Å². The highest BCUT2D eigenvalue weighted by molar-refractivity contribution is 5.79. The Bertz CT molecular complexity index is 1070. The smallest absolute Gasteiger partial charge is 0.294 e. The van der Waals surface area contributed by atoms with Gasteiger partial charge in [-0.1, -0.05) is 72.8 Å². The normalized spacial score (nSPS) is 10.8. The van der Waals surface area contributed by atoms with Crippen molar-refractivity contribution in [2.45, 2.75) is 6.42 Å². The second kappa shape index (κ2) is 7.23. The van der Waals surface area contributed by atoms with Crippen LogP contribution in [0.4, 0.5) is 0 Å². The van der Waals surface area contributed by atoms with Crippen LogP contribution in [-0.4, -0.2) is 16.3 Å². The molecule has 0 amide bonds. The first kappa shape index (κ1) is 16.1. The number of nitrogens with zero attached hydrogens (tertiary/aromatic N) is 2. The van der Waals surface area contributed by atoms with Crippen LogP contribution >= 0.6 is 0 Å². The number of para-hydroxylation sites is 1. The molecular formula is C22H18N2O2. The molecule has 4 rings (SSSR count). The summed E-state index contributed by atoms with van der Waals surface area (Å²) < 4.78 is 1.32. The number of hydrogen-bond acceptors (Lipinski definition) is 3. The van der Waals surface area contributed by atoms with Crippen molar-refractivity contribution in [1.82, 2.24) is 9.71 Å². The van der Waals surface area contributed by atoms with Gasteiger partial charge in [0, 0.05) is 12.0 Å². The van der Waals surface area contributed by atoms with Gasteiger partial charge in [0.1, 0.15) is 6.61 Å². The molecule has 0 aliphatic rings. The van der Waals surface area contributed by atoms with E-state index in [0.29, 0.717) is 29.8 Å². The molecule has 1 heterocycles. The Kier molecular flexibility index (Phi) is 4.48. The minimum atomic E-state index is -0.192. The monoisotopic (exact) mass is 342 g/mol. The van der Waals surface area contributed by atoms with Crippen molar-refractivity contribution < 1.29 is 4.84 Å². The zero-order valence-corrected chi connectivity index (χ0v) is 14.2. The maximum Gasteiger partial charge on any atom is 0.294 e. The Hall–Kier alpha value is -3.40. The van der Waals surface area contributed by atoms with E-state index in [-0.39, 0.29) is 5.56 Å². The van der Waals surface area contributed by atoms with E-state index in [9.17, 15) is 4.79 Å². The van der Waals surface area contributed by atoms with Gasteiger partial charge < -0.3 is 4.84 Å². The molecule has 0 bridgehead atoms. The van der Waals surface area contributed by atoms with Crippen LogP contribution in [0.2, 0.25) is 0 Å². The second-order valence-electron chi connectivity index (χ2n) is 5.99. The van der Waals surface area contributed by atoms with E-state index in [1.807, 2.05) is 78.9 Å². The Balaban J connectivity index is 1.73. The van der Waals surface area contributed by atoms with Gasteiger partial charge in [0.15, 0.2) is 5.82 Å². The second-order valence-corrected chi connectivity index (χ2v) is 5.99. The minimum Gasteiger partial charge on any atom is -0.408 e. The fraction of sp³-hybridized carbons (Fsp3) is 0.0909. The molecule has 0 fully saturated rings. The first-order valence-corrected chi connectivity index (χ1v) is 8.57. The van der Waals surface area contributed by atoms with Crippen molar-refractivity contribution >= 4 is 10.9 Å². The van der Waals surface area contributed by atoms with E-state index in [0.717, 1.165) is 11.1 Å². The van der Waals surface area contributed by atoms with Crippen LogP contribution in [0.25, 0.3) is 22.3 Å². The molecule has 0 aliphatic heterocycles. The largest absolute Gasteiger partial charge is 0.408 e. The van der Waals surface area contributed by atoms with Crippen molar-refractivity contribution in [2.75, 3.05) is 6.61 Å². The summed E-state index contributed by atoms with van der Waals surface area (Å²) in [6.07, 6.45) is 0.717. The number of fused-ring (bicyclic) bond motifs is 1. The highest BCUT2D eigenvalue weighted by Crippen LogP contribution is 2.17. The lowest BCUT2D eigenvalue weighted by Crippen LogP contribution is -2.30. The minimum absolute atomic E-state index is 0.192.